The summed E-state index contributed by atoms with van der Waals surface area (Å²) in [5.74, 6) is 0. The average Bonchev–Trinajstić information content (AvgIpc) is 1.94. The first-order chi connectivity index (χ1) is 4.74. The molecule has 1 rings (SSSR count). The lowest BCUT2D eigenvalue weighted by atomic mass is 9.95. The van der Waals surface area contributed by atoms with E-state index in [2.05, 4.69) is 22.6 Å². The zero-order chi connectivity index (χ0) is 7.56. The number of hydrogen-bond donors (Lipinski definition) is 0. The summed E-state index contributed by atoms with van der Waals surface area (Å²) < 4.78 is 1.01. The SMILES string of the molecule is Bc1ccc(I)c(C=O)c1. The van der Waals surface area contributed by atoms with Gasteiger partial charge in [0.1, 0.15) is 7.85 Å². The summed E-state index contributed by atoms with van der Waals surface area (Å²) in [6.45, 7) is 0. The van der Waals surface area contributed by atoms with Crippen LogP contribution in [0.4, 0.5) is 0 Å². The molecule has 0 heterocycles. The van der Waals surface area contributed by atoms with E-state index in [1.54, 1.807) is 0 Å². The first kappa shape index (κ1) is 7.79. The Bertz CT molecular complexity index is 260. The molecule has 0 unspecified atom stereocenters. The molecule has 1 aromatic rings. The minimum atomic E-state index is 0.778. The highest BCUT2D eigenvalue weighted by molar-refractivity contribution is 14.1. The van der Waals surface area contributed by atoms with Gasteiger partial charge in [0.15, 0.2) is 6.29 Å². The van der Waals surface area contributed by atoms with E-state index in [1.165, 1.54) is 0 Å². The van der Waals surface area contributed by atoms with Crippen molar-refractivity contribution in [3.8, 4) is 0 Å². The van der Waals surface area contributed by atoms with Gasteiger partial charge in [-0.2, -0.15) is 0 Å². The monoisotopic (exact) mass is 244 g/mol. The van der Waals surface area contributed by atoms with Crippen molar-refractivity contribution in [2.45, 2.75) is 0 Å². The van der Waals surface area contributed by atoms with Gasteiger partial charge in [-0.15, -0.1) is 0 Å². The van der Waals surface area contributed by atoms with Crippen LogP contribution in [-0.2, 0) is 0 Å². The fourth-order valence-corrected chi connectivity index (χ4v) is 1.22. The quantitative estimate of drug-likeness (QED) is 0.396. The van der Waals surface area contributed by atoms with Crippen molar-refractivity contribution in [3.05, 3.63) is 27.3 Å². The van der Waals surface area contributed by atoms with E-state index in [1.807, 2.05) is 26.0 Å². The van der Waals surface area contributed by atoms with E-state index < -0.39 is 0 Å². The molecule has 0 radical (unpaired) electrons. The highest BCUT2D eigenvalue weighted by Crippen LogP contribution is 2.06. The molecule has 0 aliphatic carbocycles. The maximum atomic E-state index is 10.4. The molecule has 0 aliphatic rings. The molecule has 0 atom stereocenters. The second kappa shape index (κ2) is 3.19. The van der Waals surface area contributed by atoms with Crippen molar-refractivity contribution in [1.29, 1.82) is 0 Å². The van der Waals surface area contributed by atoms with E-state index in [9.17, 15) is 4.79 Å². The van der Waals surface area contributed by atoms with Gasteiger partial charge in [0, 0.05) is 9.13 Å². The van der Waals surface area contributed by atoms with Gasteiger partial charge in [0.05, 0.1) is 0 Å². The fourth-order valence-electron chi connectivity index (χ4n) is 0.753. The van der Waals surface area contributed by atoms with Gasteiger partial charge in [-0.05, 0) is 28.7 Å². The van der Waals surface area contributed by atoms with Crippen molar-refractivity contribution >= 4 is 42.2 Å². The van der Waals surface area contributed by atoms with E-state index >= 15 is 0 Å². The topological polar surface area (TPSA) is 17.1 Å². The number of carbonyl (C=O) groups is 1. The van der Waals surface area contributed by atoms with Crippen LogP contribution in [0.25, 0.3) is 0 Å². The fraction of sp³-hybridized carbons (Fsp3) is 0. The summed E-state index contributed by atoms with van der Waals surface area (Å²) in [4.78, 5) is 10.4. The highest BCUT2D eigenvalue weighted by Gasteiger charge is 1.95. The Morgan fingerprint density at radius 1 is 1.50 bits per heavy atom. The molecule has 0 aliphatic heterocycles. The number of aldehydes is 1. The van der Waals surface area contributed by atoms with Crippen molar-refractivity contribution in [2.75, 3.05) is 0 Å². The number of halogens is 1. The van der Waals surface area contributed by atoms with Gasteiger partial charge in [0.2, 0.25) is 0 Å². The molecule has 0 aromatic heterocycles. The second-order valence-corrected chi connectivity index (χ2v) is 3.31. The number of benzene rings is 1. The maximum absolute atomic E-state index is 10.4. The van der Waals surface area contributed by atoms with Crippen LogP contribution >= 0.6 is 22.6 Å². The van der Waals surface area contributed by atoms with Crippen LogP contribution in [0, 0.1) is 3.57 Å². The molecule has 1 aromatic carbocycles. The molecule has 0 amide bonds. The Morgan fingerprint density at radius 3 is 2.70 bits per heavy atom. The highest BCUT2D eigenvalue weighted by atomic mass is 127. The van der Waals surface area contributed by atoms with Crippen molar-refractivity contribution < 1.29 is 4.79 Å². The van der Waals surface area contributed by atoms with Gasteiger partial charge >= 0.3 is 0 Å². The molecule has 0 N–H and O–H groups in total. The van der Waals surface area contributed by atoms with Crippen LogP contribution in [0.3, 0.4) is 0 Å². The number of rotatable bonds is 1. The van der Waals surface area contributed by atoms with Crippen LogP contribution < -0.4 is 5.46 Å². The third kappa shape index (κ3) is 1.59. The summed E-state index contributed by atoms with van der Waals surface area (Å²) in [5, 5.41) is 0. The average molecular weight is 244 g/mol. The van der Waals surface area contributed by atoms with Gasteiger partial charge in [-0.25, -0.2) is 0 Å². The van der Waals surface area contributed by atoms with E-state index in [0.717, 1.165) is 20.9 Å². The Kier molecular flexibility index (Phi) is 2.48. The molecule has 0 bridgehead atoms. The first-order valence-electron chi connectivity index (χ1n) is 2.95. The van der Waals surface area contributed by atoms with Gasteiger partial charge in [-0.3, -0.25) is 4.79 Å². The summed E-state index contributed by atoms with van der Waals surface area (Å²) in [7, 11) is 1.98. The van der Waals surface area contributed by atoms with Crippen LogP contribution in [-0.4, -0.2) is 14.1 Å². The Balaban J connectivity index is 3.21. The summed E-state index contributed by atoms with van der Waals surface area (Å²) >= 11 is 2.15. The van der Waals surface area contributed by atoms with Crippen molar-refractivity contribution in [3.63, 3.8) is 0 Å². The molecular formula is C7H6BIO. The lowest BCUT2D eigenvalue weighted by Gasteiger charge is -1.96. The Hall–Kier alpha value is -0.315. The molecule has 0 spiro atoms. The molecule has 10 heavy (non-hydrogen) atoms. The molecule has 0 saturated carbocycles. The van der Waals surface area contributed by atoms with Crippen molar-refractivity contribution in [1.82, 2.24) is 0 Å². The molecule has 0 saturated heterocycles. The zero-order valence-corrected chi connectivity index (χ0v) is 7.75. The van der Waals surface area contributed by atoms with E-state index in [4.69, 9.17) is 0 Å². The number of carbonyl (C=O) groups excluding carboxylic acids is 1. The van der Waals surface area contributed by atoms with E-state index in [0.29, 0.717) is 0 Å². The Labute approximate surface area is 74.4 Å². The summed E-state index contributed by atoms with van der Waals surface area (Å²) in [6, 6.07) is 5.82. The van der Waals surface area contributed by atoms with Gasteiger partial charge in [0.25, 0.3) is 0 Å². The van der Waals surface area contributed by atoms with Crippen LogP contribution in [0.1, 0.15) is 10.4 Å². The minimum Gasteiger partial charge on any atom is -0.298 e. The third-order valence-electron chi connectivity index (χ3n) is 1.28. The predicted molar refractivity (Wildman–Crippen MR) is 52.7 cm³/mol. The van der Waals surface area contributed by atoms with Crippen LogP contribution in [0.15, 0.2) is 18.2 Å². The molecule has 50 valence electrons. The zero-order valence-electron chi connectivity index (χ0n) is 5.60. The van der Waals surface area contributed by atoms with Crippen molar-refractivity contribution in [2.24, 2.45) is 0 Å². The maximum Gasteiger partial charge on any atom is 0.151 e. The second-order valence-electron chi connectivity index (χ2n) is 2.14. The van der Waals surface area contributed by atoms with E-state index in [-0.39, 0.29) is 0 Å². The van der Waals surface area contributed by atoms with Crippen LogP contribution in [0.5, 0.6) is 0 Å². The molecular weight excluding hydrogens is 238 g/mol. The first-order valence-corrected chi connectivity index (χ1v) is 4.03. The van der Waals surface area contributed by atoms with Crippen LogP contribution in [0.2, 0.25) is 0 Å². The van der Waals surface area contributed by atoms with Gasteiger partial charge < -0.3 is 0 Å². The predicted octanol–water partition coefficient (Wildman–Crippen LogP) is 0.362. The normalized spacial score (nSPS) is 9.30. The lowest BCUT2D eigenvalue weighted by molar-refractivity contribution is 0.112. The smallest absolute Gasteiger partial charge is 0.151 e. The largest absolute Gasteiger partial charge is 0.298 e. The standard InChI is InChI=1S/C7H6BIO/c8-6-1-2-7(9)5(3-6)4-10/h1-4H,8H2. The third-order valence-corrected chi connectivity index (χ3v) is 2.26. The molecule has 3 heteroatoms. The minimum absolute atomic E-state index is 0.778. The summed E-state index contributed by atoms with van der Waals surface area (Å²) in [6.07, 6.45) is 0.884. The lowest BCUT2D eigenvalue weighted by Crippen LogP contribution is -2.03. The summed E-state index contributed by atoms with van der Waals surface area (Å²) in [5.41, 5.74) is 1.91. The Morgan fingerprint density at radius 2 is 2.20 bits per heavy atom. The molecule has 0 fully saturated rings. The number of hydrogen-bond acceptors (Lipinski definition) is 1. The molecule has 1 nitrogen and oxygen atoms in total. The van der Waals surface area contributed by atoms with Gasteiger partial charge in [-0.1, -0.05) is 17.6 Å².